The number of hydrogen-bond donors (Lipinski definition) is 2. The molecular weight excluding hydrogens is 230 g/mol. The maximum absolute atomic E-state index is 10.00. The summed E-state index contributed by atoms with van der Waals surface area (Å²) >= 11 is 2.09. The quantitative estimate of drug-likeness (QED) is 0.767. The van der Waals surface area contributed by atoms with E-state index in [4.69, 9.17) is 0 Å². The molecule has 0 amide bonds. The maximum Gasteiger partial charge on any atom is 0.0667 e. The Morgan fingerprint density at radius 1 is 1.35 bits per heavy atom. The summed E-state index contributed by atoms with van der Waals surface area (Å²) < 4.78 is 0.424. The molecule has 1 saturated heterocycles. The summed E-state index contributed by atoms with van der Waals surface area (Å²) in [5.74, 6) is 2.10. The van der Waals surface area contributed by atoms with Crippen LogP contribution in [0.4, 0.5) is 0 Å². The minimum absolute atomic E-state index is 0.131. The Balaban J connectivity index is 1.57. The van der Waals surface area contributed by atoms with Crippen molar-refractivity contribution < 1.29 is 5.11 Å². The summed E-state index contributed by atoms with van der Waals surface area (Å²) in [4.78, 5) is 0. The molecule has 1 aliphatic carbocycles. The summed E-state index contributed by atoms with van der Waals surface area (Å²) in [6.07, 6.45) is 8.98. The van der Waals surface area contributed by atoms with Crippen LogP contribution in [-0.2, 0) is 0 Å². The first-order chi connectivity index (χ1) is 8.18. The fourth-order valence-corrected chi connectivity index (χ4v) is 4.47. The first-order valence-electron chi connectivity index (χ1n) is 7.21. The van der Waals surface area contributed by atoms with Crippen LogP contribution in [0.15, 0.2) is 0 Å². The fraction of sp³-hybridized carbons (Fsp3) is 1.00. The fourth-order valence-electron chi connectivity index (χ4n) is 3.19. The molecule has 0 radical (unpaired) electrons. The first kappa shape index (κ1) is 13.7. The topological polar surface area (TPSA) is 32.3 Å². The van der Waals surface area contributed by atoms with E-state index in [0.717, 1.165) is 25.4 Å². The summed E-state index contributed by atoms with van der Waals surface area (Å²) in [5.41, 5.74) is 0. The monoisotopic (exact) mass is 257 g/mol. The van der Waals surface area contributed by atoms with Gasteiger partial charge in [0.1, 0.15) is 0 Å². The van der Waals surface area contributed by atoms with Gasteiger partial charge in [-0.2, -0.15) is 11.8 Å². The molecule has 0 bridgehead atoms. The SMILES string of the molecule is CC1(CNCC(O)CC2CCCC2)CCCS1. The van der Waals surface area contributed by atoms with Crippen molar-refractivity contribution in [1.29, 1.82) is 0 Å². The van der Waals surface area contributed by atoms with Gasteiger partial charge in [-0.05, 0) is 37.9 Å². The largest absolute Gasteiger partial charge is 0.392 e. The predicted molar refractivity (Wildman–Crippen MR) is 75.5 cm³/mol. The highest BCUT2D eigenvalue weighted by molar-refractivity contribution is 8.00. The molecule has 2 atom stereocenters. The lowest BCUT2D eigenvalue weighted by molar-refractivity contribution is 0.140. The summed E-state index contributed by atoms with van der Waals surface area (Å²) in [6, 6.07) is 0. The molecule has 17 heavy (non-hydrogen) atoms. The molecule has 2 fully saturated rings. The molecule has 2 unspecified atom stereocenters. The number of hydrogen-bond acceptors (Lipinski definition) is 3. The zero-order chi connectivity index (χ0) is 12.1. The van der Waals surface area contributed by atoms with Crippen molar-refractivity contribution >= 4 is 11.8 Å². The molecule has 3 heteroatoms. The highest BCUT2D eigenvalue weighted by atomic mass is 32.2. The molecule has 0 aromatic carbocycles. The summed E-state index contributed by atoms with van der Waals surface area (Å²) in [6.45, 7) is 4.19. The maximum atomic E-state index is 10.00. The summed E-state index contributed by atoms with van der Waals surface area (Å²) in [5, 5.41) is 13.5. The molecule has 0 aromatic rings. The van der Waals surface area contributed by atoms with Gasteiger partial charge in [-0.25, -0.2) is 0 Å². The second-order valence-corrected chi connectivity index (χ2v) is 7.76. The van der Waals surface area contributed by atoms with Crippen LogP contribution in [0.1, 0.15) is 51.9 Å². The van der Waals surface area contributed by atoms with E-state index in [0.29, 0.717) is 4.75 Å². The van der Waals surface area contributed by atoms with Gasteiger partial charge >= 0.3 is 0 Å². The Morgan fingerprint density at radius 2 is 2.12 bits per heavy atom. The molecule has 2 aliphatic rings. The molecule has 0 spiro atoms. The lowest BCUT2D eigenvalue weighted by Crippen LogP contribution is -2.37. The molecule has 0 aromatic heterocycles. The number of rotatable bonds is 6. The second-order valence-electron chi connectivity index (χ2n) is 6.07. The smallest absolute Gasteiger partial charge is 0.0667 e. The Kier molecular flexibility index (Phi) is 5.19. The minimum Gasteiger partial charge on any atom is -0.392 e. The zero-order valence-electron chi connectivity index (χ0n) is 11.1. The molecule has 2 rings (SSSR count). The van der Waals surface area contributed by atoms with Crippen LogP contribution < -0.4 is 5.32 Å². The van der Waals surface area contributed by atoms with Gasteiger partial charge in [0, 0.05) is 17.8 Å². The standard InChI is InChI=1S/C14H27NOS/c1-14(7-4-8-17-14)11-15-10-13(16)9-12-5-2-3-6-12/h12-13,15-16H,2-11H2,1H3. The van der Waals surface area contributed by atoms with E-state index in [1.54, 1.807) is 0 Å². The normalized spacial score (nSPS) is 32.1. The molecular formula is C14H27NOS. The Labute approximate surface area is 110 Å². The van der Waals surface area contributed by atoms with Crippen molar-refractivity contribution in [2.45, 2.75) is 62.7 Å². The zero-order valence-corrected chi connectivity index (χ0v) is 11.9. The van der Waals surface area contributed by atoms with E-state index in [2.05, 4.69) is 24.0 Å². The molecule has 1 aliphatic heterocycles. The highest BCUT2D eigenvalue weighted by Gasteiger charge is 2.29. The van der Waals surface area contributed by atoms with Crippen molar-refractivity contribution in [3.05, 3.63) is 0 Å². The average Bonchev–Trinajstić information content (AvgIpc) is 2.90. The lowest BCUT2D eigenvalue weighted by Gasteiger charge is -2.24. The van der Waals surface area contributed by atoms with Gasteiger partial charge in [0.2, 0.25) is 0 Å². The first-order valence-corrected chi connectivity index (χ1v) is 8.19. The van der Waals surface area contributed by atoms with Crippen molar-refractivity contribution in [2.75, 3.05) is 18.8 Å². The van der Waals surface area contributed by atoms with Gasteiger partial charge in [-0.3, -0.25) is 0 Å². The highest BCUT2D eigenvalue weighted by Crippen LogP contribution is 2.37. The van der Waals surface area contributed by atoms with E-state index in [1.807, 2.05) is 0 Å². The van der Waals surface area contributed by atoms with Gasteiger partial charge in [0.05, 0.1) is 6.10 Å². The van der Waals surface area contributed by atoms with Crippen LogP contribution in [-0.4, -0.2) is 34.8 Å². The second kappa shape index (κ2) is 6.44. The van der Waals surface area contributed by atoms with Gasteiger partial charge in [0.25, 0.3) is 0 Å². The van der Waals surface area contributed by atoms with Gasteiger partial charge in [-0.1, -0.05) is 25.7 Å². The van der Waals surface area contributed by atoms with Gasteiger partial charge in [0.15, 0.2) is 0 Å². The average molecular weight is 257 g/mol. The van der Waals surface area contributed by atoms with Gasteiger partial charge < -0.3 is 10.4 Å². The molecule has 100 valence electrons. The lowest BCUT2D eigenvalue weighted by atomic mass is 10.00. The third-order valence-electron chi connectivity index (χ3n) is 4.26. The molecule has 2 N–H and O–H groups in total. The van der Waals surface area contributed by atoms with Crippen LogP contribution >= 0.6 is 11.8 Å². The van der Waals surface area contributed by atoms with Crippen molar-refractivity contribution in [1.82, 2.24) is 5.32 Å². The van der Waals surface area contributed by atoms with Crippen molar-refractivity contribution in [2.24, 2.45) is 5.92 Å². The van der Waals surface area contributed by atoms with E-state index < -0.39 is 0 Å². The molecule has 1 heterocycles. The Morgan fingerprint density at radius 3 is 2.76 bits per heavy atom. The van der Waals surface area contributed by atoms with Crippen LogP contribution in [0.25, 0.3) is 0 Å². The van der Waals surface area contributed by atoms with E-state index in [1.165, 1.54) is 44.3 Å². The van der Waals surface area contributed by atoms with Crippen LogP contribution in [0, 0.1) is 5.92 Å². The number of nitrogens with one attached hydrogen (secondary N) is 1. The van der Waals surface area contributed by atoms with Crippen LogP contribution in [0.3, 0.4) is 0 Å². The third-order valence-corrected chi connectivity index (χ3v) is 5.80. The van der Waals surface area contributed by atoms with Crippen LogP contribution in [0.2, 0.25) is 0 Å². The Bertz CT molecular complexity index is 222. The minimum atomic E-state index is -0.131. The number of aliphatic hydroxyl groups excluding tert-OH is 1. The molecule has 2 nitrogen and oxygen atoms in total. The van der Waals surface area contributed by atoms with Gasteiger partial charge in [-0.15, -0.1) is 0 Å². The van der Waals surface area contributed by atoms with Crippen molar-refractivity contribution in [3.63, 3.8) is 0 Å². The number of thioether (sulfide) groups is 1. The van der Waals surface area contributed by atoms with E-state index in [9.17, 15) is 5.11 Å². The van der Waals surface area contributed by atoms with Crippen molar-refractivity contribution in [3.8, 4) is 0 Å². The van der Waals surface area contributed by atoms with E-state index in [-0.39, 0.29) is 6.10 Å². The predicted octanol–water partition coefficient (Wildman–Crippen LogP) is 2.80. The summed E-state index contributed by atoms with van der Waals surface area (Å²) in [7, 11) is 0. The number of aliphatic hydroxyl groups is 1. The molecule has 1 saturated carbocycles. The van der Waals surface area contributed by atoms with E-state index >= 15 is 0 Å². The van der Waals surface area contributed by atoms with Crippen LogP contribution in [0.5, 0.6) is 0 Å². The third kappa shape index (κ3) is 4.46. The Hall–Kier alpha value is 0.270.